The van der Waals surface area contributed by atoms with E-state index in [2.05, 4.69) is 12.2 Å². The fraction of sp³-hybridized carbons (Fsp3) is 0.417. The highest BCUT2D eigenvalue weighted by Crippen LogP contribution is 2.17. The highest BCUT2D eigenvalue weighted by molar-refractivity contribution is 5.96. The predicted molar refractivity (Wildman–Crippen MR) is 59.9 cm³/mol. The molecule has 4 heteroatoms. The summed E-state index contributed by atoms with van der Waals surface area (Å²) in [5.74, 6) is -1.17. The van der Waals surface area contributed by atoms with Crippen LogP contribution in [0.2, 0.25) is 0 Å². The summed E-state index contributed by atoms with van der Waals surface area (Å²) >= 11 is 0. The number of phenols is 1. The number of unbranched alkanes of at least 4 members (excludes halogenated alkanes) is 2. The minimum Gasteiger partial charge on any atom is -0.507 e. The van der Waals surface area contributed by atoms with Crippen LogP contribution in [0.3, 0.4) is 0 Å². The van der Waals surface area contributed by atoms with Gasteiger partial charge in [0.15, 0.2) is 0 Å². The fourth-order valence-electron chi connectivity index (χ4n) is 1.36. The molecule has 1 rings (SSSR count). The minimum absolute atomic E-state index is 0.0171. The number of halogens is 1. The summed E-state index contributed by atoms with van der Waals surface area (Å²) in [4.78, 5) is 11.5. The molecule has 0 radical (unpaired) electrons. The van der Waals surface area contributed by atoms with Crippen molar-refractivity contribution in [3.63, 3.8) is 0 Å². The van der Waals surface area contributed by atoms with E-state index in [4.69, 9.17) is 0 Å². The Balaban J connectivity index is 2.55. The molecule has 1 amide bonds. The van der Waals surface area contributed by atoms with E-state index in [-0.39, 0.29) is 11.3 Å². The molecule has 0 fully saturated rings. The molecule has 0 aromatic heterocycles. The molecule has 0 aliphatic heterocycles. The van der Waals surface area contributed by atoms with Gasteiger partial charge in [0.05, 0.1) is 5.56 Å². The van der Waals surface area contributed by atoms with Crippen LogP contribution < -0.4 is 5.32 Å². The van der Waals surface area contributed by atoms with Crippen LogP contribution >= 0.6 is 0 Å². The first-order valence-corrected chi connectivity index (χ1v) is 5.42. The van der Waals surface area contributed by atoms with Crippen molar-refractivity contribution in [1.29, 1.82) is 0 Å². The predicted octanol–water partition coefficient (Wildman–Crippen LogP) is 2.45. The van der Waals surface area contributed by atoms with Gasteiger partial charge >= 0.3 is 0 Å². The van der Waals surface area contributed by atoms with Gasteiger partial charge in [-0.1, -0.05) is 19.8 Å². The first-order valence-electron chi connectivity index (χ1n) is 5.42. The molecule has 0 aliphatic rings. The number of carbonyl (C=O) groups excluding carboxylic acids is 1. The lowest BCUT2D eigenvalue weighted by Crippen LogP contribution is -2.24. The van der Waals surface area contributed by atoms with Gasteiger partial charge in [0.2, 0.25) is 0 Å². The van der Waals surface area contributed by atoms with Gasteiger partial charge in [-0.2, -0.15) is 0 Å². The third-order valence-electron chi connectivity index (χ3n) is 2.27. The number of carbonyl (C=O) groups is 1. The zero-order valence-electron chi connectivity index (χ0n) is 9.29. The van der Waals surface area contributed by atoms with Crippen LogP contribution in [0.4, 0.5) is 4.39 Å². The average Bonchev–Trinajstić information content (AvgIpc) is 2.27. The Hall–Kier alpha value is -1.58. The van der Waals surface area contributed by atoms with Crippen molar-refractivity contribution in [2.24, 2.45) is 0 Å². The molecule has 0 saturated heterocycles. The second-order valence-corrected chi connectivity index (χ2v) is 3.62. The van der Waals surface area contributed by atoms with Gasteiger partial charge in [-0.25, -0.2) is 4.39 Å². The second-order valence-electron chi connectivity index (χ2n) is 3.62. The molecule has 0 unspecified atom stereocenters. The Bertz CT molecular complexity index is 366. The Kier molecular flexibility index (Phi) is 4.76. The number of phenolic OH excluding ortho intramolecular Hbond substituents is 1. The number of hydrogen-bond donors (Lipinski definition) is 2. The van der Waals surface area contributed by atoms with Gasteiger partial charge in [0.1, 0.15) is 11.6 Å². The number of rotatable bonds is 5. The van der Waals surface area contributed by atoms with Crippen LogP contribution in [0.25, 0.3) is 0 Å². The first kappa shape index (κ1) is 12.5. The maximum Gasteiger partial charge on any atom is 0.255 e. The maximum atomic E-state index is 12.9. The molecular formula is C12H16FNO2. The van der Waals surface area contributed by atoms with Gasteiger partial charge in [-0.15, -0.1) is 0 Å². The fourth-order valence-corrected chi connectivity index (χ4v) is 1.36. The Morgan fingerprint density at radius 3 is 2.88 bits per heavy atom. The summed E-state index contributed by atoms with van der Waals surface area (Å²) in [5, 5.41) is 12.0. The summed E-state index contributed by atoms with van der Waals surface area (Å²) in [7, 11) is 0. The lowest BCUT2D eigenvalue weighted by molar-refractivity contribution is 0.0950. The van der Waals surface area contributed by atoms with Crippen molar-refractivity contribution >= 4 is 5.91 Å². The number of aromatic hydroxyl groups is 1. The van der Waals surface area contributed by atoms with Crippen molar-refractivity contribution in [1.82, 2.24) is 5.32 Å². The van der Waals surface area contributed by atoms with Crippen LogP contribution in [0.1, 0.15) is 36.5 Å². The summed E-state index contributed by atoms with van der Waals surface area (Å²) in [5.41, 5.74) is -0.0171. The van der Waals surface area contributed by atoms with Crippen molar-refractivity contribution in [2.75, 3.05) is 6.54 Å². The highest BCUT2D eigenvalue weighted by Gasteiger charge is 2.11. The molecular weight excluding hydrogens is 209 g/mol. The Morgan fingerprint density at radius 1 is 1.44 bits per heavy atom. The smallest absolute Gasteiger partial charge is 0.255 e. The van der Waals surface area contributed by atoms with Gasteiger partial charge in [0, 0.05) is 6.54 Å². The van der Waals surface area contributed by atoms with Gasteiger partial charge in [0.25, 0.3) is 5.91 Å². The van der Waals surface area contributed by atoms with E-state index in [9.17, 15) is 14.3 Å². The molecule has 2 N–H and O–H groups in total. The van der Waals surface area contributed by atoms with Crippen molar-refractivity contribution in [3.8, 4) is 5.75 Å². The topological polar surface area (TPSA) is 49.3 Å². The molecule has 0 aliphatic carbocycles. The van der Waals surface area contributed by atoms with Crippen LogP contribution in [-0.4, -0.2) is 17.6 Å². The summed E-state index contributed by atoms with van der Waals surface area (Å²) < 4.78 is 12.9. The van der Waals surface area contributed by atoms with Crippen molar-refractivity contribution < 1.29 is 14.3 Å². The maximum absolute atomic E-state index is 12.9. The van der Waals surface area contributed by atoms with Crippen molar-refractivity contribution in [2.45, 2.75) is 26.2 Å². The van der Waals surface area contributed by atoms with E-state index in [1.807, 2.05) is 0 Å². The van der Waals surface area contributed by atoms with Gasteiger partial charge in [-0.3, -0.25) is 4.79 Å². The molecule has 0 saturated carbocycles. The molecule has 3 nitrogen and oxygen atoms in total. The molecule has 0 spiro atoms. The van der Waals surface area contributed by atoms with Gasteiger partial charge in [-0.05, 0) is 24.6 Å². The molecule has 0 heterocycles. The molecule has 1 aromatic carbocycles. The molecule has 0 bridgehead atoms. The van der Waals surface area contributed by atoms with Crippen molar-refractivity contribution in [3.05, 3.63) is 29.6 Å². The lowest BCUT2D eigenvalue weighted by Gasteiger charge is -2.06. The Labute approximate surface area is 94.3 Å². The summed E-state index contributed by atoms with van der Waals surface area (Å²) in [6.45, 7) is 2.61. The lowest BCUT2D eigenvalue weighted by atomic mass is 10.1. The average molecular weight is 225 g/mol. The second kappa shape index (κ2) is 6.10. The van der Waals surface area contributed by atoms with Crippen LogP contribution in [0.15, 0.2) is 18.2 Å². The Morgan fingerprint density at radius 2 is 2.19 bits per heavy atom. The largest absolute Gasteiger partial charge is 0.507 e. The molecule has 88 valence electrons. The van der Waals surface area contributed by atoms with E-state index in [0.717, 1.165) is 31.4 Å². The summed E-state index contributed by atoms with van der Waals surface area (Å²) in [6, 6.07) is 3.32. The third-order valence-corrected chi connectivity index (χ3v) is 2.27. The minimum atomic E-state index is -0.531. The quantitative estimate of drug-likeness (QED) is 0.756. The molecule has 16 heavy (non-hydrogen) atoms. The van der Waals surface area contributed by atoms with E-state index >= 15 is 0 Å². The third kappa shape index (κ3) is 3.53. The van der Waals surface area contributed by atoms with E-state index in [1.165, 1.54) is 6.07 Å². The van der Waals surface area contributed by atoms with E-state index in [0.29, 0.717) is 6.54 Å². The number of benzene rings is 1. The van der Waals surface area contributed by atoms with Crippen LogP contribution in [0.5, 0.6) is 5.75 Å². The number of amides is 1. The molecule has 1 aromatic rings. The summed E-state index contributed by atoms with van der Waals surface area (Å²) in [6.07, 6.45) is 2.99. The zero-order valence-corrected chi connectivity index (χ0v) is 9.29. The van der Waals surface area contributed by atoms with E-state index < -0.39 is 11.7 Å². The molecule has 0 atom stereocenters. The number of hydrogen-bond acceptors (Lipinski definition) is 2. The van der Waals surface area contributed by atoms with Crippen LogP contribution in [-0.2, 0) is 0 Å². The standard InChI is InChI=1S/C12H16FNO2/c1-2-3-4-7-14-12(16)10-8-9(13)5-6-11(10)15/h5-6,8,15H,2-4,7H2,1H3,(H,14,16). The van der Waals surface area contributed by atoms with Crippen LogP contribution in [0, 0.1) is 5.82 Å². The monoisotopic (exact) mass is 225 g/mol. The number of nitrogens with one attached hydrogen (secondary N) is 1. The highest BCUT2D eigenvalue weighted by atomic mass is 19.1. The van der Waals surface area contributed by atoms with Gasteiger partial charge < -0.3 is 10.4 Å². The first-order chi connectivity index (χ1) is 7.65. The SMILES string of the molecule is CCCCCNC(=O)c1cc(F)ccc1O. The van der Waals surface area contributed by atoms with E-state index in [1.54, 1.807) is 0 Å². The zero-order chi connectivity index (χ0) is 12.0. The normalized spacial score (nSPS) is 10.1.